The van der Waals surface area contributed by atoms with Gasteiger partial charge >= 0.3 is 0 Å². The SMILES string of the molecule is COc1ccc(-c2[nH]c3ccc(C(C)(C)C)cc3c2C=O)cc1. The molecule has 0 aliphatic carbocycles. The number of benzene rings is 2. The van der Waals surface area contributed by atoms with Crippen LogP contribution in [0.4, 0.5) is 0 Å². The highest BCUT2D eigenvalue weighted by Crippen LogP contribution is 2.33. The van der Waals surface area contributed by atoms with E-state index in [9.17, 15) is 4.79 Å². The van der Waals surface area contributed by atoms with Crippen molar-refractivity contribution in [2.24, 2.45) is 0 Å². The van der Waals surface area contributed by atoms with Crippen LogP contribution in [0.2, 0.25) is 0 Å². The quantitative estimate of drug-likeness (QED) is 0.695. The Labute approximate surface area is 136 Å². The summed E-state index contributed by atoms with van der Waals surface area (Å²) in [5.41, 5.74) is 4.77. The molecular formula is C20H21NO2. The number of nitrogens with one attached hydrogen (secondary N) is 1. The van der Waals surface area contributed by atoms with Gasteiger partial charge in [0.15, 0.2) is 6.29 Å². The van der Waals surface area contributed by atoms with Crippen molar-refractivity contribution in [2.45, 2.75) is 26.2 Å². The monoisotopic (exact) mass is 307 g/mol. The molecule has 0 saturated carbocycles. The number of ether oxygens (including phenoxy) is 1. The van der Waals surface area contributed by atoms with Crippen molar-refractivity contribution in [2.75, 3.05) is 7.11 Å². The summed E-state index contributed by atoms with van der Waals surface area (Å²) in [7, 11) is 1.64. The highest BCUT2D eigenvalue weighted by molar-refractivity contribution is 6.04. The predicted octanol–water partition coefficient (Wildman–Crippen LogP) is 4.95. The third kappa shape index (κ3) is 2.74. The van der Waals surface area contributed by atoms with Crippen molar-refractivity contribution in [3.8, 4) is 17.0 Å². The van der Waals surface area contributed by atoms with Gasteiger partial charge in [0.25, 0.3) is 0 Å². The molecule has 0 radical (unpaired) electrons. The van der Waals surface area contributed by atoms with Gasteiger partial charge in [-0.15, -0.1) is 0 Å². The summed E-state index contributed by atoms with van der Waals surface area (Å²) in [6.07, 6.45) is 0.935. The van der Waals surface area contributed by atoms with Gasteiger partial charge in [0, 0.05) is 16.5 Å². The second-order valence-corrected chi connectivity index (χ2v) is 6.77. The first-order chi connectivity index (χ1) is 10.9. The van der Waals surface area contributed by atoms with Gasteiger partial charge in [-0.2, -0.15) is 0 Å². The van der Waals surface area contributed by atoms with Crippen LogP contribution in [0, 0.1) is 0 Å². The van der Waals surface area contributed by atoms with E-state index in [0.29, 0.717) is 5.56 Å². The van der Waals surface area contributed by atoms with Crippen LogP contribution in [-0.2, 0) is 5.41 Å². The highest BCUT2D eigenvalue weighted by Gasteiger charge is 2.18. The molecule has 3 heteroatoms. The molecule has 1 aromatic heterocycles. The maximum atomic E-state index is 11.7. The Morgan fingerprint density at radius 3 is 2.30 bits per heavy atom. The molecule has 0 bridgehead atoms. The van der Waals surface area contributed by atoms with E-state index in [1.165, 1.54) is 5.56 Å². The van der Waals surface area contributed by atoms with E-state index in [4.69, 9.17) is 4.74 Å². The maximum absolute atomic E-state index is 11.7. The van der Waals surface area contributed by atoms with Gasteiger partial charge in [0.1, 0.15) is 5.75 Å². The van der Waals surface area contributed by atoms with Crippen LogP contribution >= 0.6 is 0 Å². The molecule has 3 nitrogen and oxygen atoms in total. The normalized spacial score (nSPS) is 11.7. The summed E-state index contributed by atoms with van der Waals surface area (Å²) < 4.78 is 5.19. The maximum Gasteiger partial charge on any atom is 0.152 e. The Kier molecular flexibility index (Phi) is 3.72. The first-order valence-corrected chi connectivity index (χ1v) is 7.70. The van der Waals surface area contributed by atoms with Gasteiger partial charge < -0.3 is 9.72 Å². The summed E-state index contributed by atoms with van der Waals surface area (Å²) in [5.74, 6) is 0.799. The van der Waals surface area contributed by atoms with Crippen molar-refractivity contribution in [3.05, 3.63) is 53.6 Å². The number of aldehydes is 1. The largest absolute Gasteiger partial charge is 0.497 e. The number of carbonyl (C=O) groups excluding carboxylic acids is 1. The molecule has 0 aliphatic heterocycles. The second-order valence-electron chi connectivity index (χ2n) is 6.77. The molecule has 3 rings (SSSR count). The van der Waals surface area contributed by atoms with E-state index in [1.54, 1.807) is 7.11 Å². The number of H-pyrrole nitrogens is 1. The number of fused-ring (bicyclic) bond motifs is 1. The number of carbonyl (C=O) groups is 1. The van der Waals surface area contributed by atoms with E-state index in [0.717, 1.165) is 34.2 Å². The van der Waals surface area contributed by atoms with Gasteiger partial charge in [-0.25, -0.2) is 0 Å². The van der Waals surface area contributed by atoms with Crippen LogP contribution in [0.5, 0.6) is 5.75 Å². The zero-order valence-corrected chi connectivity index (χ0v) is 13.9. The molecule has 118 valence electrons. The predicted molar refractivity (Wildman–Crippen MR) is 94.4 cm³/mol. The topological polar surface area (TPSA) is 42.1 Å². The second kappa shape index (κ2) is 5.58. The van der Waals surface area contributed by atoms with Gasteiger partial charge in [-0.3, -0.25) is 4.79 Å². The Bertz CT molecular complexity index is 852. The molecule has 0 amide bonds. The van der Waals surface area contributed by atoms with Gasteiger partial charge in [-0.1, -0.05) is 26.8 Å². The lowest BCUT2D eigenvalue weighted by molar-refractivity contribution is 0.112. The van der Waals surface area contributed by atoms with Crippen molar-refractivity contribution < 1.29 is 9.53 Å². The zero-order valence-electron chi connectivity index (χ0n) is 13.9. The molecule has 1 N–H and O–H groups in total. The molecule has 0 saturated heterocycles. The fourth-order valence-electron chi connectivity index (χ4n) is 2.79. The average molecular weight is 307 g/mol. The number of aromatic amines is 1. The third-order valence-electron chi connectivity index (χ3n) is 4.20. The summed E-state index contributed by atoms with van der Waals surface area (Å²) >= 11 is 0. The van der Waals surface area contributed by atoms with Crippen molar-refractivity contribution in [1.82, 2.24) is 4.98 Å². The van der Waals surface area contributed by atoms with Crippen molar-refractivity contribution in [1.29, 1.82) is 0 Å². The summed E-state index contributed by atoms with van der Waals surface area (Å²) in [6, 6.07) is 14.0. The number of rotatable bonds is 3. The lowest BCUT2D eigenvalue weighted by Crippen LogP contribution is -2.10. The molecule has 0 spiro atoms. The van der Waals surface area contributed by atoms with E-state index in [2.05, 4.69) is 44.0 Å². The number of hydrogen-bond acceptors (Lipinski definition) is 2. The van der Waals surface area contributed by atoms with E-state index < -0.39 is 0 Å². The van der Waals surface area contributed by atoms with Gasteiger partial charge in [0.2, 0.25) is 0 Å². The Hall–Kier alpha value is -2.55. The molecule has 0 atom stereocenters. The van der Waals surface area contributed by atoms with Crippen LogP contribution < -0.4 is 4.74 Å². The molecule has 0 unspecified atom stereocenters. The van der Waals surface area contributed by atoms with E-state index in [1.807, 2.05) is 24.3 Å². The van der Waals surface area contributed by atoms with Crippen molar-refractivity contribution in [3.63, 3.8) is 0 Å². The zero-order chi connectivity index (χ0) is 16.6. The smallest absolute Gasteiger partial charge is 0.152 e. The minimum absolute atomic E-state index is 0.0475. The first kappa shape index (κ1) is 15.3. The number of aromatic nitrogens is 1. The minimum Gasteiger partial charge on any atom is -0.497 e. The van der Waals surface area contributed by atoms with Crippen LogP contribution in [0.15, 0.2) is 42.5 Å². The third-order valence-corrected chi connectivity index (χ3v) is 4.20. The molecule has 0 aliphatic rings. The van der Waals surface area contributed by atoms with Gasteiger partial charge in [-0.05, 0) is 52.9 Å². The Morgan fingerprint density at radius 1 is 1.04 bits per heavy atom. The Balaban J connectivity index is 2.19. The molecule has 3 aromatic rings. The van der Waals surface area contributed by atoms with Crippen LogP contribution in [0.3, 0.4) is 0 Å². The van der Waals surface area contributed by atoms with Gasteiger partial charge in [0.05, 0.1) is 12.8 Å². The lowest BCUT2D eigenvalue weighted by atomic mass is 9.86. The average Bonchev–Trinajstić information content (AvgIpc) is 2.91. The minimum atomic E-state index is 0.0475. The lowest BCUT2D eigenvalue weighted by Gasteiger charge is -2.18. The van der Waals surface area contributed by atoms with Crippen LogP contribution in [0.1, 0.15) is 36.7 Å². The van der Waals surface area contributed by atoms with Crippen LogP contribution in [0.25, 0.3) is 22.2 Å². The Morgan fingerprint density at radius 2 is 1.74 bits per heavy atom. The standard InChI is InChI=1S/C20H21NO2/c1-20(2,3)14-7-10-18-16(11-14)17(12-22)19(21-18)13-5-8-15(23-4)9-6-13/h5-12,21H,1-4H3. The van der Waals surface area contributed by atoms with E-state index in [-0.39, 0.29) is 5.41 Å². The van der Waals surface area contributed by atoms with Crippen molar-refractivity contribution >= 4 is 17.2 Å². The molecule has 1 heterocycles. The molecular weight excluding hydrogens is 286 g/mol. The molecule has 23 heavy (non-hydrogen) atoms. The fourth-order valence-corrected chi connectivity index (χ4v) is 2.79. The first-order valence-electron chi connectivity index (χ1n) is 7.70. The molecule has 0 fully saturated rings. The summed E-state index contributed by atoms with van der Waals surface area (Å²) in [6.45, 7) is 6.52. The van der Waals surface area contributed by atoms with Crippen LogP contribution in [-0.4, -0.2) is 18.4 Å². The number of methoxy groups -OCH3 is 1. The fraction of sp³-hybridized carbons (Fsp3) is 0.250. The highest BCUT2D eigenvalue weighted by atomic mass is 16.5. The summed E-state index contributed by atoms with van der Waals surface area (Å²) in [4.78, 5) is 15.1. The summed E-state index contributed by atoms with van der Waals surface area (Å²) in [5, 5.41) is 0.971. The van der Waals surface area contributed by atoms with E-state index >= 15 is 0 Å². The number of hydrogen-bond donors (Lipinski definition) is 1. The molecule has 2 aromatic carbocycles.